The summed E-state index contributed by atoms with van der Waals surface area (Å²) in [5, 5.41) is 3.63. The Bertz CT molecular complexity index is 978. The number of nitrogens with one attached hydrogen (secondary N) is 1. The number of furan rings is 1. The molecule has 1 aliphatic rings. The Kier molecular flexibility index (Phi) is 6.75. The molecule has 1 fully saturated rings. The van der Waals surface area contributed by atoms with Gasteiger partial charge in [0.25, 0.3) is 0 Å². The van der Waals surface area contributed by atoms with E-state index in [1.165, 1.54) is 4.90 Å². The van der Waals surface area contributed by atoms with Crippen LogP contribution < -0.4 is 5.32 Å². The van der Waals surface area contributed by atoms with Gasteiger partial charge in [-0.1, -0.05) is 0 Å². The van der Waals surface area contributed by atoms with E-state index in [0.29, 0.717) is 6.54 Å². The number of amides is 2. The molecule has 3 rings (SSSR count). The summed E-state index contributed by atoms with van der Waals surface area (Å²) < 4.78 is 25.0. The molecule has 1 saturated heterocycles. The summed E-state index contributed by atoms with van der Waals surface area (Å²) in [7, 11) is 0. The predicted molar refractivity (Wildman–Crippen MR) is 124 cm³/mol. The van der Waals surface area contributed by atoms with Gasteiger partial charge in [0.15, 0.2) is 0 Å². The fraction of sp³-hybridized carbons (Fsp3) is 0.625. The standard InChI is InChI=1S/C24H35FN4O4/c1-22(2,3)33-21(31)29-11-10-28(14-17(29)20(30)27-23(4,5)15-25)24(6,7)19-12-16-13-26-9-8-18(16)32-19/h8-9,12-13,17H,10-11,14-15H2,1-7H3,(H,27,30)/t17-/m0/s1. The lowest BCUT2D eigenvalue weighted by Gasteiger charge is -2.46. The van der Waals surface area contributed by atoms with Gasteiger partial charge in [-0.05, 0) is 60.6 Å². The molecule has 0 bridgehead atoms. The number of hydrogen-bond donors (Lipinski definition) is 1. The monoisotopic (exact) mass is 462 g/mol. The predicted octanol–water partition coefficient (Wildman–Crippen LogP) is 3.85. The Morgan fingerprint density at radius 3 is 2.52 bits per heavy atom. The minimum Gasteiger partial charge on any atom is -0.459 e. The van der Waals surface area contributed by atoms with Crippen molar-refractivity contribution < 1.29 is 23.1 Å². The lowest BCUT2D eigenvalue weighted by molar-refractivity contribution is -0.132. The minimum absolute atomic E-state index is 0.246. The van der Waals surface area contributed by atoms with Crippen LogP contribution in [0.4, 0.5) is 9.18 Å². The summed E-state index contributed by atoms with van der Waals surface area (Å²) in [6, 6.07) is 2.92. The number of alkyl halides is 1. The van der Waals surface area contributed by atoms with Crippen LogP contribution in [0, 0.1) is 0 Å². The number of carbonyl (C=O) groups excluding carboxylic acids is 2. The number of halogens is 1. The van der Waals surface area contributed by atoms with Gasteiger partial charge in [-0.3, -0.25) is 19.6 Å². The molecule has 2 aromatic heterocycles. The average Bonchev–Trinajstić information content (AvgIpc) is 3.17. The largest absolute Gasteiger partial charge is 0.459 e. The number of carbonyl (C=O) groups is 2. The van der Waals surface area contributed by atoms with Crippen molar-refractivity contribution in [3.05, 3.63) is 30.3 Å². The number of piperazine rings is 1. The van der Waals surface area contributed by atoms with Crippen LogP contribution in [0.2, 0.25) is 0 Å². The lowest BCUT2D eigenvalue weighted by atomic mass is 9.95. The normalized spacial score (nSPS) is 18.4. The molecule has 0 aromatic carbocycles. The summed E-state index contributed by atoms with van der Waals surface area (Å²) in [6.45, 7) is 12.9. The smallest absolute Gasteiger partial charge is 0.411 e. The first-order chi connectivity index (χ1) is 15.2. The van der Waals surface area contributed by atoms with Gasteiger partial charge in [0, 0.05) is 37.4 Å². The molecule has 0 aliphatic carbocycles. The molecule has 2 amide bonds. The van der Waals surface area contributed by atoms with Crippen LogP contribution in [0.5, 0.6) is 0 Å². The molecule has 1 atom stereocenters. The highest BCUT2D eigenvalue weighted by Crippen LogP contribution is 2.34. The Morgan fingerprint density at radius 2 is 1.91 bits per heavy atom. The fourth-order valence-corrected chi connectivity index (χ4v) is 3.85. The van der Waals surface area contributed by atoms with Gasteiger partial charge in [-0.15, -0.1) is 0 Å². The maximum atomic E-state index is 13.4. The highest BCUT2D eigenvalue weighted by Gasteiger charge is 2.44. The zero-order valence-electron chi connectivity index (χ0n) is 20.6. The van der Waals surface area contributed by atoms with E-state index in [-0.39, 0.29) is 13.1 Å². The molecule has 0 saturated carbocycles. The third-order valence-corrected chi connectivity index (χ3v) is 5.82. The molecule has 8 nitrogen and oxygen atoms in total. The summed E-state index contributed by atoms with van der Waals surface area (Å²) in [5.41, 5.74) is -1.57. The number of fused-ring (bicyclic) bond motifs is 1. The zero-order valence-corrected chi connectivity index (χ0v) is 20.6. The molecule has 33 heavy (non-hydrogen) atoms. The lowest BCUT2D eigenvalue weighted by Crippen LogP contribution is -2.65. The first kappa shape index (κ1) is 25.0. The molecule has 182 valence electrons. The molecular weight excluding hydrogens is 427 g/mol. The molecule has 3 heterocycles. The van der Waals surface area contributed by atoms with Crippen molar-refractivity contribution in [2.24, 2.45) is 0 Å². The number of nitrogens with zero attached hydrogens (tertiary/aromatic N) is 3. The highest BCUT2D eigenvalue weighted by molar-refractivity contribution is 5.87. The highest BCUT2D eigenvalue weighted by atomic mass is 19.1. The Labute approximate surface area is 194 Å². The van der Waals surface area contributed by atoms with Crippen LogP contribution in [0.25, 0.3) is 11.0 Å². The Morgan fingerprint density at radius 1 is 1.21 bits per heavy atom. The van der Waals surface area contributed by atoms with Crippen LogP contribution in [-0.2, 0) is 15.1 Å². The van der Waals surface area contributed by atoms with Crippen molar-refractivity contribution >= 4 is 23.0 Å². The van der Waals surface area contributed by atoms with E-state index in [2.05, 4.69) is 15.2 Å². The van der Waals surface area contributed by atoms with Gasteiger partial charge in [0.05, 0.1) is 11.1 Å². The van der Waals surface area contributed by atoms with E-state index in [4.69, 9.17) is 9.15 Å². The van der Waals surface area contributed by atoms with E-state index < -0.39 is 41.4 Å². The van der Waals surface area contributed by atoms with Crippen molar-refractivity contribution in [2.75, 3.05) is 26.3 Å². The van der Waals surface area contributed by atoms with E-state index in [0.717, 1.165) is 16.7 Å². The molecule has 9 heteroatoms. The number of pyridine rings is 1. The molecule has 2 aromatic rings. The van der Waals surface area contributed by atoms with E-state index in [9.17, 15) is 14.0 Å². The van der Waals surface area contributed by atoms with Crippen molar-refractivity contribution in [1.29, 1.82) is 0 Å². The summed E-state index contributed by atoms with van der Waals surface area (Å²) in [6.07, 6.45) is 2.86. The Hall–Kier alpha value is -2.68. The zero-order chi connectivity index (χ0) is 24.6. The van der Waals surface area contributed by atoms with Crippen molar-refractivity contribution in [3.63, 3.8) is 0 Å². The van der Waals surface area contributed by atoms with E-state index in [1.54, 1.807) is 47.0 Å². The maximum Gasteiger partial charge on any atom is 0.411 e. The number of hydrogen-bond acceptors (Lipinski definition) is 6. The van der Waals surface area contributed by atoms with Crippen LogP contribution >= 0.6 is 0 Å². The molecule has 1 N–H and O–H groups in total. The van der Waals surface area contributed by atoms with Crippen LogP contribution in [0.1, 0.15) is 54.2 Å². The number of rotatable bonds is 5. The minimum atomic E-state index is -1.04. The molecule has 1 aliphatic heterocycles. The van der Waals surface area contributed by atoms with Gasteiger partial charge >= 0.3 is 6.09 Å². The molecule has 0 radical (unpaired) electrons. The quantitative estimate of drug-likeness (QED) is 0.726. The maximum absolute atomic E-state index is 13.4. The summed E-state index contributed by atoms with van der Waals surface area (Å²) in [5.74, 6) is 0.317. The van der Waals surface area contributed by atoms with Crippen molar-refractivity contribution in [3.8, 4) is 0 Å². The average molecular weight is 463 g/mol. The van der Waals surface area contributed by atoms with Crippen LogP contribution in [-0.4, -0.2) is 70.3 Å². The van der Waals surface area contributed by atoms with Gasteiger partial charge in [0.1, 0.15) is 29.7 Å². The second-order valence-electron chi connectivity index (χ2n) is 10.7. The second-order valence-corrected chi connectivity index (χ2v) is 10.7. The van der Waals surface area contributed by atoms with Crippen LogP contribution in [0.15, 0.2) is 28.9 Å². The molecular formula is C24H35FN4O4. The van der Waals surface area contributed by atoms with E-state index >= 15 is 0 Å². The Balaban J connectivity index is 1.88. The van der Waals surface area contributed by atoms with Gasteiger partial charge in [0.2, 0.25) is 5.91 Å². The van der Waals surface area contributed by atoms with E-state index in [1.807, 2.05) is 26.0 Å². The second kappa shape index (κ2) is 8.93. The summed E-state index contributed by atoms with van der Waals surface area (Å²) in [4.78, 5) is 33.8. The van der Waals surface area contributed by atoms with Gasteiger partial charge in [-0.25, -0.2) is 9.18 Å². The number of aromatic nitrogens is 1. The SMILES string of the molecule is CC(C)(CF)NC(=O)[C@@H]1CN(C(C)(C)c2cc3cnccc3o2)CCN1C(=O)OC(C)(C)C. The molecule has 0 spiro atoms. The van der Waals surface area contributed by atoms with Crippen molar-refractivity contribution in [1.82, 2.24) is 20.1 Å². The van der Waals surface area contributed by atoms with Gasteiger partial charge in [-0.2, -0.15) is 0 Å². The summed E-state index contributed by atoms with van der Waals surface area (Å²) >= 11 is 0. The number of ether oxygens (including phenoxy) is 1. The molecule has 0 unspecified atom stereocenters. The first-order valence-electron chi connectivity index (χ1n) is 11.2. The van der Waals surface area contributed by atoms with Crippen LogP contribution in [0.3, 0.4) is 0 Å². The third-order valence-electron chi connectivity index (χ3n) is 5.82. The fourth-order valence-electron chi connectivity index (χ4n) is 3.85. The first-order valence-corrected chi connectivity index (χ1v) is 11.2. The topological polar surface area (TPSA) is 87.9 Å². The third kappa shape index (κ3) is 5.63. The van der Waals surface area contributed by atoms with Crippen molar-refractivity contribution in [2.45, 2.75) is 71.2 Å². The van der Waals surface area contributed by atoms with Gasteiger partial charge < -0.3 is 14.5 Å².